The minimum Gasteiger partial charge on any atom is -0.393 e. The van der Waals surface area contributed by atoms with Crippen molar-refractivity contribution in [1.29, 1.82) is 0 Å². The summed E-state index contributed by atoms with van der Waals surface area (Å²) in [5.74, 6) is 0.629. The van der Waals surface area contributed by atoms with Crippen LogP contribution in [0.25, 0.3) is 0 Å². The molecule has 1 unspecified atom stereocenters. The van der Waals surface area contributed by atoms with Gasteiger partial charge in [0.1, 0.15) is 0 Å². The summed E-state index contributed by atoms with van der Waals surface area (Å²) in [7, 11) is 2.08. The number of hydrogen-bond donors (Lipinski definition) is 2. The standard InChI is InChI=1S/C15H22BrNO2/c1-17(10-11-8-14(18)9-11)7-6-15(19)12-2-4-13(16)5-3-12/h2-5,11,14-15,18-19H,6-10H2,1H3. The summed E-state index contributed by atoms with van der Waals surface area (Å²) >= 11 is 3.39. The second-order valence-electron chi connectivity index (χ2n) is 5.61. The van der Waals surface area contributed by atoms with Crippen molar-refractivity contribution in [2.75, 3.05) is 20.1 Å². The average molecular weight is 328 g/mol. The van der Waals surface area contributed by atoms with Crippen LogP contribution in [0.3, 0.4) is 0 Å². The molecule has 0 heterocycles. The summed E-state index contributed by atoms with van der Waals surface area (Å²) in [5, 5.41) is 19.4. The van der Waals surface area contributed by atoms with Crippen LogP contribution in [0.5, 0.6) is 0 Å². The van der Waals surface area contributed by atoms with Crippen LogP contribution in [0.1, 0.15) is 30.9 Å². The molecule has 0 saturated heterocycles. The van der Waals surface area contributed by atoms with Gasteiger partial charge >= 0.3 is 0 Å². The normalized spacial score (nSPS) is 24.3. The van der Waals surface area contributed by atoms with Gasteiger partial charge in [-0.05, 0) is 49.9 Å². The van der Waals surface area contributed by atoms with E-state index in [0.717, 1.165) is 42.4 Å². The molecule has 106 valence electrons. The molecule has 0 amide bonds. The lowest BCUT2D eigenvalue weighted by Crippen LogP contribution is -2.37. The zero-order chi connectivity index (χ0) is 13.8. The number of hydrogen-bond acceptors (Lipinski definition) is 3. The van der Waals surface area contributed by atoms with Gasteiger partial charge in [0, 0.05) is 17.6 Å². The van der Waals surface area contributed by atoms with Gasteiger partial charge in [-0.15, -0.1) is 0 Å². The second kappa shape index (κ2) is 6.84. The molecule has 3 nitrogen and oxygen atoms in total. The Morgan fingerprint density at radius 2 is 1.95 bits per heavy atom. The number of benzene rings is 1. The Balaban J connectivity index is 1.70. The van der Waals surface area contributed by atoms with Gasteiger partial charge in [0.2, 0.25) is 0 Å². The van der Waals surface area contributed by atoms with Crippen LogP contribution in [0.2, 0.25) is 0 Å². The fourth-order valence-electron chi connectivity index (χ4n) is 2.58. The molecule has 2 N–H and O–H groups in total. The van der Waals surface area contributed by atoms with Crippen molar-refractivity contribution in [2.24, 2.45) is 5.92 Å². The summed E-state index contributed by atoms with van der Waals surface area (Å²) in [4.78, 5) is 2.25. The number of halogens is 1. The quantitative estimate of drug-likeness (QED) is 0.844. The van der Waals surface area contributed by atoms with Gasteiger partial charge in [-0.2, -0.15) is 0 Å². The number of rotatable bonds is 6. The van der Waals surface area contributed by atoms with E-state index in [4.69, 9.17) is 0 Å². The maximum Gasteiger partial charge on any atom is 0.0802 e. The zero-order valence-electron chi connectivity index (χ0n) is 11.3. The SMILES string of the molecule is CN(CCC(O)c1ccc(Br)cc1)CC1CC(O)C1. The maximum atomic E-state index is 10.1. The van der Waals surface area contributed by atoms with Crippen molar-refractivity contribution in [3.05, 3.63) is 34.3 Å². The first-order chi connectivity index (χ1) is 9.04. The minimum absolute atomic E-state index is 0.0771. The van der Waals surface area contributed by atoms with Gasteiger partial charge in [-0.1, -0.05) is 28.1 Å². The Morgan fingerprint density at radius 1 is 1.32 bits per heavy atom. The molecule has 19 heavy (non-hydrogen) atoms. The fourth-order valence-corrected chi connectivity index (χ4v) is 2.84. The van der Waals surface area contributed by atoms with Crippen molar-refractivity contribution < 1.29 is 10.2 Å². The third-order valence-electron chi connectivity index (χ3n) is 3.82. The number of aliphatic hydroxyl groups excluding tert-OH is 2. The Hall–Kier alpha value is -0.420. The molecule has 0 aromatic heterocycles. The van der Waals surface area contributed by atoms with Crippen molar-refractivity contribution in [3.63, 3.8) is 0 Å². The first-order valence-electron chi connectivity index (χ1n) is 6.84. The van der Waals surface area contributed by atoms with Crippen LogP contribution >= 0.6 is 15.9 Å². The van der Waals surface area contributed by atoms with E-state index in [1.54, 1.807) is 0 Å². The smallest absolute Gasteiger partial charge is 0.0802 e. The molecule has 4 heteroatoms. The molecule has 2 rings (SSSR count). The van der Waals surface area contributed by atoms with E-state index < -0.39 is 6.10 Å². The molecular weight excluding hydrogens is 306 g/mol. The van der Waals surface area contributed by atoms with Crippen LogP contribution < -0.4 is 0 Å². The maximum absolute atomic E-state index is 10.1. The van der Waals surface area contributed by atoms with Crippen molar-refractivity contribution in [1.82, 2.24) is 4.90 Å². The highest BCUT2D eigenvalue weighted by Crippen LogP contribution is 2.28. The summed E-state index contributed by atoms with van der Waals surface area (Å²) in [6, 6.07) is 7.82. The predicted molar refractivity (Wildman–Crippen MR) is 79.9 cm³/mol. The summed E-state index contributed by atoms with van der Waals surface area (Å²) in [6.07, 6.45) is 2.13. The largest absolute Gasteiger partial charge is 0.393 e. The summed E-state index contributed by atoms with van der Waals surface area (Å²) < 4.78 is 1.03. The summed E-state index contributed by atoms with van der Waals surface area (Å²) in [6.45, 7) is 1.90. The van der Waals surface area contributed by atoms with Gasteiger partial charge in [0.25, 0.3) is 0 Å². The van der Waals surface area contributed by atoms with Gasteiger partial charge in [0.05, 0.1) is 12.2 Å². The average Bonchev–Trinajstić information content (AvgIpc) is 2.35. The van der Waals surface area contributed by atoms with E-state index in [-0.39, 0.29) is 6.10 Å². The van der Waals surface area contributed by atoms with Crippen molar-refractivity contribution >= 4 is 15.9 Å². The molecule has 0 radical (unpaired) electrons. The van der Waals surface area contributed by atoms with Gasteiger partial charge in [-0.3, -0.25) is 0 Å². The second-order valence-corrected chi connectivity index (χ2v) is 6.53. The molecule has 0 spiro atoms. The Kier molecular flexibility index (Phi) is 5.39. The highest BCUT2D eigenvalue weighted by molar-refractivity contribution is 9.10. The van der Waals surface area contributed by atoms with E-state index in [1.165, 1.54) is 0 Å². The Bertz CT molecular complexity index is 390. The van der Waals surface area contributed by atoms with Crippen LogP contribution in [0.15, 0.2) is 28.7 Å². The van der Waals surface area contributed by atoms with Gasteiger partial charge in [0.15, 0.2) is 0 Å². The topological polar surface area (TPSA) is 43.7 Å². The minimum atomic E-state index is -0.400. The highest BCUT2D eigenvalue weighted by Gasteiger charge is 2.27. The molecule has 1 aromatic carbocycles. The van der Waals surface area contributed by atoms with E-state index in [0.29, 0.717) is 5.92 Å². The lowest BCUT2D eigenvalue weighted by atomic mass is 9.82. The first kappa shape index (κ1) is 15.0. The predicted octanol–water partition coefficient (Wildman–Crippen LogP) is 2.58. The third-order valence-corrected chi connectivity index (χ3v) is 4.35. The lowest BCUT2D eigenvalue weighted by molar-refractivity contribution is 0.0262. The molecule has 1 aromatic rings. The van der Waals surface area contributed by atoms with E-state index >= 15 is 0 Å². The van der Waals surface area contributed by atoms with Gasteiger partial charge < -0.3 is 15.1 Å². The van der Waals surface area contributed by atoms with Crippen LogP contribution in [-0.4, -0.2) is 41.4 Å². The highest BCUT2D eigenvalue weighted by atomic mass is 79.9. The van der Waals surface area contributed by atoms with E-state index in [9.17, 15) is 10.2 Å². The molecular formula is C15H22BrNO2. The molecule has 1 saturated carbocycles. The lowest BCUT2D eigenvalue weighted by Gasteiger charge is -2.34. The van der Waals surface area contributed by atoms with E-state index in [1.807, 2.05) is 24.3 Å². The molecule has 0 aliphatic heterocycles. The zero-order valence-corrected chi connectivity index (χ0v) is 12.9. The van der Waals surface area contributed by atoms with Crippen LogP contribution in [0, 0.1) is 5.92 Å². The van der Waals surface area contributed by atoms with E-state index in [2.05, 4.69) is 27.9 Å². The Labute approximate surface area is 123 Å². The molecule has 0 bridgehead atoms. The van der Waals surface area contributed by atoms with Gasteiger partial charge in [-0.25, -0.2) is 0 Å². The summed E-state index contributed by atoms with van der Waals surface area (Å²) in [5.41, 5.74) is 0.968. The Morgan fingerprint density at radius 3 is 2.53 bits per heavy atom. The molecule has 1 aliphatic rings. The van der Waals surface area contributed by atoms with Crippen molar-refractivity contribution in [2.45, 2.75) is 31.5 Å². The first-order valence-corrected chi connectivity index (χ1v) is 7.64. The van der Waals surface area contributed by atoms with Crippen molar-refractivity contribution in [3.8, 4) is 0 Å². The van der Waals surface area contributed by atoms with Crippen LogP contribution in [-0.2, 0) is 0 Å². The molecule has 1 fully saturated rings. The molecule has 1 aliphatic carbocycles. The van der Waals surface area contributed by atoms with Crippen LogP contribution in [0.4, 0.5) is 0 Å². The molecule has 1 atom stereocenters. The number of aliphatic hydroxyl groups is 2. The third kappa shape index (κ3) is 4.56. The fraction of sp³-hybridized carbons (Fsp3) is 0.600. The number of nitrogens with zero attached hydrogens (tertiary/aromatic N) is 1. The monoisotopic (exact) mass is 327 g/mol.